The van der Waals surface area contributed by atoms with E-state index in [2.05, 4.69) is 20.9 Å². The molecule has 84 valence electrons. The number of Topliss-reactive ketones (excluding diaryl/α,β-unsaturated/α-hetero) is 1. The molecule has 0 atom stereocenters. The Morgan fingerprint density at radius 1 is 1.53 bits per heavy atom. The molecule has 1 saturated heterocycles. The molecule has 0 radical (unpaired) electrons. The lowest BCUT2D eigenvalue weighted by Gasteiger charge is -2.19. The van der Waals surface area contributed by atoms with Crippen molar-refractivity contribution in [2.75, 3.05) is 13.2 Å². The monoisotopic (exact) mass is 274 g/mol. The van der Waals surface area contributed by atoms with E-state index in [1.807, 2.05) is 0 Å². The molecule has 5 heteroatoms. The Morgan fingerprint density at radius 2 is 2.13 bits per heavy atom. The average Bonchev–Trinajstić information content (AvgIpc) is 2.26. The Balaban J connectivity index is 2.78. The molecule has 15 heavy (non-hydrogen) atoms. The van der Waals surface area contributed by atoms with Crippen LogP contribution in [0.5, 0.6) is 0 Å². The molecule has 0 aromatic rings. The molecular formula is C10H15BrN2O2. The normalized spacial score (nSPS) is 20.4. The molecule has 0 aliphatic carbocycles. The predicted octanol–water partition coefficient (Wildman–Crippen LogP) is 1.39. The fraction of sp³-hybridized carbons (Fsp3) is 0.600. The van der Waals surface area contributed by atoms with Gasteiger partial charge >= 0.3 is 0 Å². The van der Waals surface area contributed by atoms with Gasteiger partial charge in [0, 0.05) is 26.3 Å². The summed E-state index contributed by atoms with van der Waals surface area (Å²) in [5.41, 5.74) is 5.77. The number of carbonyl (C=O) groups excluding carboxylic acids is 1. The van der Waals surface area contributed by atoms with E-state index in [0.29, 0.717) is 23.4 Å². The molecule has 1 heterocycles. The highest BCUT2D eigenvalue weighted by molar-refractivity contribution is 9.12. The van der Waals surface area contributed by atoms with Gasteiger partial charge in [0.15, 0.2) is 5.78 Å². The van der Waals surface area contributed by atoms with Crippen LogP contribution in [0.25, 0.3) is 0 Å². The molecule has 0 bridgehead atoms. The van der Waals surface area contributed by atoms with Crippen molar-refractivity contribution >= 4 is 27.4 Å². The van der Waals surface area contributed by atoms with E-state index in [-0.39, 0.29) is 11.8 Å². The van der Waals surface area contributed by atoms with E-state index in [0.717, 1.165) is 12.8 Å². The SMILES string of the molecule is CC(=O)C(=NC1CCOCC1)/C(Br)=C\N. The van der Waals surface area contributed by atoms with Crippen LogP contribution < -0.4 is 5.73 Å². The number of rotatable bonds is 3. The zero-order chi connectivity index (χ0) is 11.3. The Bertz CT molecular complexity index is 294. The molecule has 1 fully saturated rings. The van der Waals surface area contributed by atoms with Gasteiger partial charge in [0.1, 0.15) is 5.71 Å². The van der Waals surface area contributed by atoms with Crippen LogP contribution >= 0.6 is 15.9 Å². The number of hydrogen-bond acceptors (Lipinski definition) is 4. The highest BCUT2D eigenvalue weighted by atomic mass is 79.9. The van der Waals surface area contributed by atoms with Crippen molar-refractivity contribution in [2.45, 2.75) is 25.8 Å². The van der Waals surface area contributed by atoms with Crippen molar-refractivity contribution in [2.24, 2.45) is 10.7 Å². The van der Waals surface area contributed by atoms with Crippen molar-refractivity contribution < 1.29 is 9.53 Å². The number of ketones is 1. The zero-order valence-electron chi connectivity index (χ0n) is 8.70. The first kappa shape index (κ1) is 12.4. The average molecular weight is 275 g/mol. The number of ether oxygens (including phenoxy) is 1. The molecule has 0 amide bonds. The minimum atomic E-state index is -0.0740. The largest absolute Gasteiger partial charge is 0.404 e. The number of nitrogens with zero attached hydrogens (tertiary/aromatic N) is 1. The number of carbonyl (C=O) groups is 1. The molecule has 1 aliphatic rings. The molecule has 4 nitrogen and oxygen atoms in total. The van der Waals surface area contributed by atoms with Crippen LogP contribution in [-0.4, -0.2) is 30.8 Å². The third-order valence-corrected chi connectivity index (χ3v) is 2.85. The summed E-state index contributed by atoms with van der Waals surface area (Å²) in [6.45, 7) is 2.91. The van der Waals surface area contributed by atoms with Crippen LogP contribution in [0, 0.1) is 0 Å². The summed E-state index contributed by atoms with van der Waals surface area (Å²) in [5, 5.41) is 0. The van der Waals surface area contributed by atoms with Gasteiger partial charge in [0.25, 0.3) is 0 Å². The standard InChI is InChI=1S/C10H15BrN2O2/c1-7(14)10(9(11)6-12)13-8-2-4-15-5-3-8/h6,8H,2-5,12H2,1H3/b9-6+,13-10?. The van der Waals surface area contributed by atoms with Gasteiger partial charge in [0.05, 0.1) is 10.5 Å². The maximum absolute atomic E-state index is 11.3. The van der Waals surface area contributed by atoms with Crippen LogP contribution in [0.3, 0.4) is 0 Å². The van der Waals surface area contributed by atoms with Crippen molar-refractivity contribution in [3.8, 4) is 0 Å². The van der Waals surface area contributed by atoms with Crippen molar-refractivity contribution in [3.05, 3.63) is 10.7 Å². The first-order valence-electron chi connectivity index (χ1n) is 4.89. The topological polar surface area (TPSA) is 64.7 Å². The summed E-state index contributed by atoms with van der Waals surface area (Å²) in [4.78, 5) is 15.7. The molecule has 0 aromatic heterocycles. The Labute approximate surface area is 97.7 Å². The highest BCUT2D eigenvalue weighted by Gasteiger charge is 2.16. The van der Waals surface area contributed by atoms with Gasteiger partial charge in [-0.05, 0) is 28.8 Å². The van der Waals surface area contributed by atoms with E-state index in [1.54, 1.807) is 0 Å². The van der Waals surface area contributed by atoms with E-state index < -0.39 is 0 Å². The number of allylic oxidation sites excluding steroid dienone is 1. The Kier molecular flexibility index (Phi) is 4.98. The molecule has 2 N–H and O–H groups in total. The lowest BCUT2D eigenvalue weighted by Crippen LogP contribution is -2.22. The molecular weight excluding hydrogens is 260 g/mol. The van der Waals surface area contributed by atoms with Gasteiger partial charge in [-0.25, -0.2) is 0 Å². The first-order valence-corrected chi connectivity index (χ1v) is 5.68. The second kappa shape index (κ2) is 6.02. The third kappa shape index (κ3) is 3.76. The van der Waals surface area contributed by atoms with Crippen LogP contribution in [0.4, 0.5) is 0 Å². The smallest absolute Gasteiger partial charge is 0.178 e. The maximum Gasteiger partial charge on any atom is 0.178 e. The lowest BCUT2D eigenvalue weighted by atomic mass is 10.1. The summed E-state index contributed by atoms with van der Waals surface area (Å²) in [5.74, 6) is -0.0740. The van der Waals surface area contributed by atoms with Gasteiger partial charge in [-0.2, -0.15) is 0 Å². The van der Waals surface area contributed by atoms with E-state index in [4.69, 9.17) is 10.5 Å². The van der Waals surface area contributed by atoms with Crippen LogP contribution in [0.1, 0.15) is 19.8 Å². The van der Waals surface area contributed by atoms with Gasteiger partial charge in [0.2, 0.25) is 0 Å². The van der Waals surface area contributed by atoms with Gasteiger partial charge in [-0.3, -0.25) is 9.79 Å². The van der Waals surface area contributed by atoms with Gasteiger partial charge < -0.3 is 10.5 Å². The fourth-order valence-corrected chi connectivity index (χ4v) is 1.78. The molecule has 1 rings (SSSR count). The maximum atomic E-state index is 11.3. The van der Waals surface area contributed by atoms with E-state index in [9.17, 15) is 4.79 Å². The quantitative estimate of drug-likeness (QED) is 0.791. The second-order valence-corrected chi connectivity index (χ2v) is 4.25. The summed E-state index contributed by atoms with van der Waals surface area (Å²) >= 11 is 3.22. The predicted molar refractivity (Wildman–Crippen MR) is 63.2 cm³/mol. The number of nitrogens with two attached hydrogens (primary N) is 1. The molecule has 1 aliphatic heterocycles. The minimum absolute atomic E-state index is 0.0740. The summed E-state index contributed by atoms with van der Waals surface area (Å²) < 4.78 is 5.78. The molecule has 0 saturated carbocycles. The van der Waals surface area contributed by atoms with E-state index >= 15 is 0 Å². The minimum Gasteiger partial charge on any atom is -0.404 e. The van der Waals surface area contributed by atoms with Crippen LogP contribution in [-0.2, 0) is 9.53 Å². The molecule has 0 aromatic carbocycles. The van der Waals surface area contributed by atoms with Crippen molar-refractivity contribution in [1.29, 1.82) is 0 Å². The van der Waals surface area contributed by atoms with Crippen molar-refractivity contribution in [1.82, 2.24) is 0 Å². The highest BCUT2D eigenvalue weighted by Crippen LogP contribution is 2.15. The number of hydrogen-bond donors (Lipinski definition) is 1. The summed E-state index contributed by atoms with van der Waals surface area (Å²) in [6, 6.07) is 0.171. The van der Waals surface area contributed by atoms with Crippen molar-refractivity contribution in [3.63, 3.8) is 0 Å². The number of aliphatic imine (C=N–C) groups is 1. The zero-order valence-corrected chi connectivity index (χ0v) is 10.3. The van der Waals surface area contributed by atoms with Gasteiger partial charge in [-0.15, -0.1) is 0 Å². The number of halogens is 1. The van der Waals surface area contributed by atoms with Crippen LogP contribution in [0.15, 0.2) is 15.7 Å². The third-order valence-electron chi connectivity index (χ3n) is 2.21. The first-order chi connectivity index (χ1) is 7.15. The lowest BCUT2D eigenvalue weighted by molar-refractivity contribution is -0.111. The molecule has 0 unspecified atom stereocenters. The van der Waals surface area contributed by atoms with Crippen LogP contribution in [0.2, 0.25) is 0 Å². The van der Waals surface area contributed by atoms with Gasteiger partial charge in [-0.1, -0.05) is 0 Å². The Hall–Kier alpha value is -0.680. The summed E-state index contributed by atoms with van der Waals surface area (Å²) in [7, 11) is 0. The second-order valence-electron chi connectivity index (χ2n) is 3.39. The Morgan fingerprint density at radius 3 is 2.60 bits per heavy atom. The molecule has 0 spiro atoms. The fourth-order valence-electron chi connectivity index (χ4n) is 1.40. The van der Waals surface area contributed by atoms with E-state index in [1.165, 1.54) is 13.1 Å². The summed E-state index contributed by atoms with van der Waals surface area (Å²) in [6.07, 6.45) is 3.07.